The van der Waals surface area contributed by atoms with Gasteiger partial charge in [0.25, 0.3) is 0 Å². The van der Waals surface area contributed by atoms with Gasteiger partial charge in [0.15, 0.2) is 5.13 Å². The molecule has 2 heterocycles. The van der Waals surface area contributed by atoms with Crippen LogP contribution in [-0.2, 0) is 11.2 Å². The van der Waals surface area contributed by atoms with Gasteiger partial charge in [0.05, 0.1) is 23.2 Å². The maximum absolute atomic E-state index is 13.3. The molecular weight excluding hydrogens is 365 g/mol. The number of rotatable bonds is 6. The molecular formula is C20H20FN3O2S. The van der Waals surface area contributed by atoms with E-state index in [2.05, 4.69) is 15.2 Å². The molecule has 140 valence electrons. The first kappa shape index (κ1) is 17.7. The summed E-state index contributed by atoms with van der Waals surface area (Å²) < 4.78 is 19.3. The lowest BCUT2D eigenvalue weighted by Gasteiger charge is -2.37. The molecule has 1 saturated heterocycles. The van der Waals surface area contributed by atoms with Crippen LogP contribution in [0.15, 0.2) is 42.5 Å². The van der Waals surface area contributed by atoms with Crippen LogP contribution in [0.3, 0.4) is 0 Å². The first-order chi connectivity index (χ1) is 13.1. The lowest BCUT2D eigenvalue weighted by atomic mass is 10.00. The van der Waals surface area contributed by atoms with E-state index in [4.69, 9.17) is 4.74 Å². The number of nitrogens with zero attached hydrogens (tertiary/aromatic N) is 2. The van der Waals surface area contributed by atoms with Gasteiger partial charge < -0.3 is 15.0 Å². The maximum Gasteiger partial charge on any atom is 0.226 e. The summed E-state index contributed by atoms with van der Waals surface area (Å²) in [6.45, 7) is 1.89. The van der Waals surface area contributed by atoms with Gasteiger partial charge in [-0.2, -0.15) is 0 Å². The zero-order valence-electron chi connectivity index (χ0n) is 14.9. The number of nitrogens with one attached hydrogen (secondary N) is 1. The molecule has 0 bridgehead atoms. The smallest absolute Gasteiger partial charge is 0.226 e. The van der Waals surface area contributed by atoms with Crippen LogP contribution < -0.4 is 15.0 Å². The Morgan fingerprint density at radius 2 is 2.19 bits per heavy atom. The van der Waals surface area contributed by atoms with Gasteiger partial charge in [-0.3, -0.25) is 4.79 Å². The van der Waals surface area contributed by atoms with Crippen molar-refractivity contribution in [2.75, 3.05) is 31.6 Å². The summed E-state index contributed by atoms with van der Waals surface area (Å²) in [5, 5.41) is 3.85. The van der Waals surface area contributed by atoms with Crippen molar-refractivity contribution in [2.24, 2.45) is 5.92 Å². The summed E-state index contributed by atoms with van der Waals surface area (Å²) in [6.07, 6.45) is 0.767. The molecule has 2 aromatic carbocycles. The Morgan fingerprint density at radius 1 is 1.33 bits per heavy atom. The number of aromatic nitrogens is 1. The molecule has 0 atom stereocenters. The Bertz CT molecular complexity index is 969. The largest absolute Gasteiger partial charge is 0.497 e. The summed E-state index contributed by atoms with van der Waals surface area (Å²) in [6, 6.07) is 12.5. The van der Waals surface area contributed by atoms with E-state index in [-0.39, 0.29) is 17.6 Å². The number of fused-ring (bicyclic) bond motifs is 1. The molecule has 3 aromatic rings. The second-order valence-electron chi connectivity index (χ2n) is 6.60. The lowest BCUT2D eigenvalue weighted by molar-refractivity contribution is -0.125. The van der Waals surface area contributed by atoms with Crippen molar-refractivity contribution in [3.63, 3.8) is 0 Å². The fraction of sp³-hybridized carbons (Fsp3) is 0.300. The fourth-order valence-electron chi connectivity index (χ4n) is 3.12. The van der Waals surface area contributed by atoms with E-state index in [1.54, 1.807) is 13.2 Å². The van der Waals surface area contributed by atoms with Crippen molar-refractivity contribution in [3.8, 4) is 5.75 Å². The highest BCUT2D eigenvalue weighted by Crippen LogP contribution is 2.33. The molecule has 5 nitrogen and oxygen atoms in total. The van der Waals surface area contributed by atoms with Crippen molar-refractivity contribution >= 4 is 32.6 Å². The minimum Gasteiger partial charge on any atom is -0.497 e. The summed E-state index contributed by atoms with van der Waals surface area (Å²) in [5.74, 6) is 0.610. The van der Waals surface area contributed by atoms with Crippen molar-refractivity contribution in [2.45, 2.75) is 6.42 Å². The Balaban J connectivity index is 1.26. The zero-order chi connectivity index (χ0) is 18.8. The third-order valence-electron chi connectivity index (χ3n) is 4.71. The van der Waals surface area contributed by atoms with Crippen LogP contribution in [-0.4, -0.2) is 37.6 Å². The quantitative estimate of drug-likeness (QED) is 0.708. The van der Waals surface area contributed by atoms with Gasteiger partial charge >= 0.3 is 0 Å². The number of hydrogen-bond donors (Lipinski definition) is 1. The summed E-state index contributed by atoms with van der Waals surface area (Å²) >= 11 is 1.46. The number of carbonyl (C=O) groups excluding carboxylic acids is 1. The van der Waals surface area contributed by atoms with Crippen LogP contribution in [0.4, 0.5) is 9.52 Å². The summed E-state index contributed by atoms with van der Waals surface area (Å²) in [5.41, 5.74) is 1.93. The molecule has 0 saturated carbocycles. The predicted molar refractivity (Wildman–Crippen MR) is 105 cm³/mol. The van der Waals surface area contributed by atoms with E-state index in [1.807, 2.05) is 24.3 Å². The SMILES string of the molecule is COc1cccc(CCNC(=O)C2CN(c3nc4ccc(F)cc4s3)C2)c1. The molecule has 4 rings (SSSR count). The number of benzene rings is 2. The van der Waals surface area contributed by atoms with Gasteiger partial charge in [0.2, 0.25) is 5.91 Å². The lowest BCUT2D eigenvalue weighted by Crippen LogP contribution is -2.54. The van der Waals surface area contributed by atoms with E-state index in [1.165, 1.54) is 23.5 Å². The van der Waals surface area contributed by atoms with E-state index in [0.29, 0.717) is 19.6 Å². The minimum absolute atomic E-state index is 0.0287. The van der Waals surface area contributed by atoms with Crippen LogP contribution in [0.2, 0.25) is 0 Å². The maximum atomic E-state index is 13.3. The summed E-state index contributed by atoms with van der Waals surface area (Å²) in [4.78, 5) is 18.9. The molecule has 1 amide bonds. The average molecular weight is 385 g/mol. The standard InChI is InChI=1S/C20H20FN3O2S/c1-26-16-4-2-3-13(9-16)7-8-22-19(25)14-11-24(12-14)20-23-17-6-5-15(21)10-18(17)27-20/h2-6,9-10,14H,7-8,11-12H2,1H3,(H,22,25). The predicted octanol–water partition coefficient (Wildman–Crippen LogP) is 3.24. The Labute approximate surface area is 160 Å². The molecule has 0 spiro atoms. The van der Waals surface area contributed by atoms with Crippen LogP contribution >= 0.6 is 11.3 Å². The normalized spacial score (nSPS) is 14.2. The van der Waals surface area contributed by atoms with Gasteiger partial charge in [0, 0.05) is 19.6 Å². The topological polar surface area (TPSA) is 54.5 Å². The van der Waals surface area contributed by atoms with E-state index < -0.39 is 0 Å². The molecule has 27 heavy (non-hydrogen) atoms. The van der Waals surface area contributed by atoms with Crippen molar-refractivity contribution < 1.29 is 13.9 Å². The number of hydrogen-bond acceptors (Lipinski definition) is 5. The van der Waals surface area contributed by atoms with Gasteiger partial charge in [-0.1, -0.05) is 23.5 Å². The minimum atomic E-state index is -0.255. The molecule has 0 unspecified atom stereocenters. The second kappa shape index (κ2) is 7.52. The number of thiazole rings is 1. The van der Waals surface area contributed by atoms with Gasteiger partial charge in [-0.25, -0.2) is 9.37 Å². The molecule has 1 aliphatic rings. The number of halogens is 1. The third-order valence-corrected chi connectivity index (χ3v) is 5.79. The van der Waals surface area contributed by atoms with Crippen molar-refractivity contribution in [1.82, 2.24) is 10.3 Å². The number of carbonyl (C=O) groups is 1. The Hall–Kier alpha value is -2.67. The highest BCUT2D eigenvalue weighted by molar-refractivity contribution is 7.22. The highest BCUT2D eigenvalue weighted by atomic mass is 32.1. The van der Waals surface area contributed by atoms with E-state index in [9.17, 15) is 9.18 Å². The van der Waals surface area contributed by atoms with E-state index >= 15 is 0 Å². The van der Waals surface area contributed by atoms with Crippen LogP contribution in [0, 0.1) is 11.7 Å². The highest BCUT2D eigenvalue weighted by Gasteiger charge is 2.34. The Morgan fingerprint density at radius 3 is 3.00 bits per heavy atom. The molecule has 1 aromatic heterocycles. The van der Waals surface area contributed by atoms with E-state index in [0.717, 1.165) is 33.1 Å². The van der Waals surface area contributed by atoms with Crippen LogP contribution in [0.25, 0.3) is 10.2 Å². The number of ether oxygens (including phenoxy) is 1. The number of anilines is 1. The van der Waals surface area contributed by atoms with Crippen molar-refractivity contribution in [3.05, 3.63) is 53.8 Å². The molecule has 0 radical (unpaired) electrons. The average Bonchev–Trinajstić information content (AvgIpc) is 3.03. The summed E-state index contributed by atoms with van der Waals surface area (Å²) in [7, 11) is 1.64. The monoisotopic (exact) mass is 385 g/mol. The first-order valence-corrected chi connectivity index (χ1v) is 9.66. The van der Waals surface area contributed by atoms with Gasteiger partial charge in [-0.15, -0.1) is 0 Å². The fourth-order valence-corrected chi connectivity index (χ4v) is 4.13. The molecule has 1 fully saturated rings. The molecule has 0 aliphatic carbocycles. The van der Waals surface area contributed by atoms with Crippen molar-refractivity contribution in [1.29, 1.82) is 0 Å². The number of methoxy groups -OCH3 is 1. The number of amides is 1. The Kier molecular flexibility index (Phi) is 4.94. The zero-order valence-corrected chi connectivity index (χ0v) is 15.8. The second-order valence-corrected chi connectivity index (χ2v) is 7.61. The van der Waals surface area contributed by atoms with Gasteiger partial charge in [0.1, 0.15) is 11.6 Å². The van der Waals surface area contributed by atoms with Crippen LogP contribution in [0.5, 0.6) is 5.75 Å². The molecule has 1 N–H and O–H groups in total. The third kappa shape index (κ3) is 3.88. The van der Waals surface area contributed by atoms with Crippen LogP contribution in [0.1, 0.15) is 5.56 Å². The molecule has 7 heteroatoms. The molecule has 1 aliphatic heterocycles. The first-order valence-electron chi connectivity index (χ1n) is 8.84. The van der Waals surface area contributed by atoms with Gasteiger partial charge in [-0.05, 0) is 42.3 Å².